The zero-order valence-corrected chi connectivity index (χ0v) is 9.56. The highest BCUT2D eigenvalue weighted by atomic mass is 16.3. The number of aliphatic hydroxyl groups is 1. The number of rotatable bonds is 2. The van der Waals surface area contributed by atoms with Gasteiger partial charge in [-0.05, 0) is 24.8 Å². The molecule has 1 aliphatic rings. The minimum absolute atomic E-state index is 0.0839. The third-order valence-electron chi connectivity index (χ3n) is 3.10. The summed E-state index contributed by atoms with van der Waals surface area (Å²) in [7, 11) is 0. The SMILES string of the molecule is O=C(c1ccc(=O)[nH]c1)N1CCCC(CO)C1. The van der Waals surface area contributed by atoms with Gasteiger partial charge in [0.05, 0.1) is 5.56 Å². The van der Waals surface area contributed by atoms with Gasteiger partial charge in [0.1, 0.15) is 0 Å². The van der Waals surface area contributed by atoms with Crippen LogP contribution in [0.3, 0.4) is 0 Å². The Hall–Kier alpha value is -1.62. The number of carbonyl (C=O) groups excluding carboxylic acids is 1. The Morgan fingerprint density at radius 3 is 3.00 bits per heavy atom. The van der Waals surface area contributed by atoms with Crippen LogP contribution in [0.15, 0.2) is 23.1 Å². The monoisotopic (exact) mass is 236 g/mol. The average Bonchev–Trinajstić information content (AvgIpc) is 2.39. The van der Waals surface area contributed by atoms with Crippen molar-refractivity contribution in [2.75, 3.05) is 19.7 Å². The molecule has 1 aromatic heterocycles. The lowest BCUT2D eigenvalue weighted by molar-refractivity contribution is 0.0620. The molecule has 0 radical (unpaired) electrons. The number of aromatic nitrogens is 1. The molecule has 2 rings (SSSR count). The first-order chi connectivity index (χ1) is 8.20. The maximum atomic E-state index is 12.1. The van der Waals surface area contributed by atoms with Crippen molar-refractivity contribution in [2.24, 2.45) is 5.92 Å². The fourth-order valence-corrected chi connectivity index (χ4v) is 2.12. The van der Waals surface area contributed by atoms with E-state index in [9.17, 15) is 9.59 Å². The van der Waals surface area contributed by atoms with E-state index in [1.807, 2.05) is 0 Å². The molecule has 0 saturated carbocycles. The van der Waals surface area contributed by atoms with Crippen molar-refractivity contribution in [3.05, 3.63) is 34.2 Å². The molecule has 92 valence electrons. The number of H-pyrrole nitrogens is 1. The van der Waals surface area contributed by atoms with Gasteiger partial charge in [0, 0.05) is 32.0 Å². The van der Waals surface area contributed by atoms with Gasteiger partial charge in [0.25, 0.3) is 5.91 Å². The molecule has 1 atom stereocenters. The molecule has 2 N–H and O–H groups in total. The standard InChI is InChI=1S/C12H16N2O3/c15-8-9-2-1-5-14(7-9)12(17)10-3-4-11(16)13-6-10/h3-4,6,9,15H,1-2,5,7-8H2,(H,13,16). The molecule has 0 aliphatic carbocycles. The third kappa shape index (κ3) is 2.74. The first kappa shape index (κ1) is 11.9. The molecule has 0 spiro atoms. The molecule has 1 aromatic rings. The number of hydrogen-bond acceptors (Lipinski definition) is 3. The fraction of sp³-hybridized carbons (Fsp3) is 0.500. The Balaban J connectivity index is 2.09. The van der Waals surface area contributed by atoms with E-state index in [0.717, 1.165) is 12.8 Å². The van der Waals surface area contributed by atoms with Crippen molar-refractivity contribution in [1.29, 1.82) is 0 Å². The molecule has 0 aromatic carbocycles. The van der Waals surface area contributed by atoms with Gasteiger partial charge >= 0.3 is 0 Å². The summed E-state index contributed by atoms with van der Waals surface area (Å²) in [6, 6.07) is 2.88. The number of amides is 1. The van der Waals surface area contributed by atoms with Crippen LogP contribution in [0.1, 0.15) is 23.2 Å². The zero-order valence-electron chi connectivity index (χ0n) is 9.56. The summed E-state index contributed by atoms with van der Waals surface area (Å²) >= 11 is 0. The second-order valence-electron chi connectivity index (χ2n) is 4.38. The molecule has 17 heavy (non-hydrogen) atoms. The second kappa shape index (κ2) is 5.14. The molecule has 2 heterocycles. The summed E-state index contributed by atoms with van der Waals surface area (Å²) in [4.78, 5) is 27.2. The van der Waals surface area contributed by atoms with Crippen LogP contribution in [0.4, 0.5) is 0 Å². The maximum absolute atomic E-state index is 12.1. The van der Waals surface area contributed by atoms with Crippen LogP contribution < -0.4 is 5.56 Å². The average molecular weight is 236 g/mol. The lowest BCUT2D eigenvalue weighted by atomic mass is 9.98. The molecular formula is C12H16N2O3. The predicted molar refractivity (Wildman–Crippen MR) is 62.8 cm³/mol. The fourth-order valence-electron chi connectivity index (χ4n) is 2.12. The minimum atomic E-state index is -0.214. The Bertz CT molecular complexity index is 435. The smallest absolute Gasteiger partial charge is 0.255 e. The summed E-state index contributed by atoms with van der Waals surface area (Å²) < 4.78 is 0. The first-order valence-corrected chi connectivity index (χ1v) is 5.79. The summed E-state index contributed by atoms with van der Waals surface area (Å²) in [6.07, 6.45) is 3.32. The second-order valence-corrected chi connectivity index (χ2v) is 4.38. The Morgan fingerprint density at radius 2 is 2.35 bits per heavy atom. The first-order valence-electron chi connectivity index (χ1n) is 5.79. The third-order valence-corrected chi connectivity index (χ3v) is 3.10. The van der Waals surface area contributed by atoms with Crippen LogP contribution >= 0.6 is 0 Å². The van der Waals surface area contributed by atoms with Crippen LogP contribution in [0, 0.1) is 5.92 Å². The number of carbonyl (C=O) groups is 1. The van der Waals surface area contributed by atoms with Gasteiger partial charge in [0.2, 0.25) is 5.56 Å². The summed E-state index contributed by atoms with van der Waals surface area (Å²) in [5.74, 6) is 0.0925. The Morgan fingerprint density at radius 1 is 1.53 bits per heavy atom. The molecule has 5 heteroatoms. The highest BCUT2D eigenvalue weighted by Crippen LogP contribution is 2.17. The van der Waals surface area contributed by atoms with Crippen LogP contribution in [0.25, 0.3) is 0 Å². The molecule has 1 fully saturated rings. The number of nitrogens with zero attached hydrogens (tertiary/aromatic N) is 1. The Labute approximate surface area is 99.1 Å². The van der Waals surface area contributed by atoms with Gasteiger partial charge in [-0.25, -0.2) is 0 Å². The van der Waals surface area contributed by atoms with Crippen molar-refractivity contribution in [1.82, 2.24) is 9.88 Å². The van der Waals surface area contributed by atoms with E-state index < -0.39 is 0 Å². The van der Waals surface area contributed by atoms with Gasteiger partial charge in [-0.15, -0.1) is 0 Å². The van der Waals surface area contributed by atoms with E-state index in [1.165, 1.54) is 18.3 Å². The van der Waals surface area contributed by atoms with E-state index in [2.05, 4.69) is 4.98 Å². The lowest BCUT2D eigenvalue weighted by Gasteiger charge is -2.31. The number of likely N-dealkylation sites (tertiary alicyclic amines) is 1. The largest absolute Gasteiger partial charge is 0.396 e. The zero-order chi connectivity index (χ0) is 12.3. The number of piperidine rings is 1. The van der Waals surface area contributed by atoms with Gasteiger partial charge in [-0.2, -0.15) is 0 Å². The number of nitrogens with one attached hydrogen (secondary N) is 1. The molecular weight excluding hydrogens is 220 g/mol. The van der Waals surface area contributed by atoms with Crippen LogP contribution in [0.2, 0.25) is 0 Å². The van der Waals surface area contributed by atoms with Crippen molar-refractivity contribution in [2.45, 2.75) is 12.8 Å². The number of hydrogen-bond donors (Lipinski definition) is 2. The highest BCUT2D eigenvalue weighted by Gasteiger charge is 2.23. The van der Waals surface area contributed by atoms with Gasteiger partial charge < -0.3 is 15.0 Å². The molecule has 1 amide bonds. The van der Waals surface area contributed by atoms with Gasteiger partial charge in [-0.3, -0.25) is 9.59 Å². The van der Waals surface area contributed by atoms with Crippen LogP contribution in [-0.2, 0) is 0 Å². The lowest BCUT2D eigenvalue weighted by Crippen LogP contribution is -2.41. The van der Waals surface area contributed by atoms with Crippen LogP contribution in [0.5, 0.6) is 0 Å². The Kier molecular flexibility index (Phi) is 3.58. The van der Waals surface area contributed by atoms with Crippen molar-refractivity contribution < 1.29 is 9.90 Å². The topological polar surface area (TPSA) is 73.4 Å². The summed E-state index contributed by atoms with van der Waals surface area (Å²) in [5, 5.41) is 9.11. The molecule has 1 saturated heterocycles. The molecule has 5 nitrogen and oxygen atoms in total. The van der Waals surface area contributed by atoms with Crippen molar-refractivity contribution in [3.63, 3.8) is 0 Å². The predicted octanol–water partition coefficient (Wildman–Crippen LogP) is 0.219. The van der Waals surface area contributed by atoms with Crippen molar-refractivity contribution in [3.8, 4) is 0 Å². The van der Waals surface area contributed by atoms with E-state index in [-0.39, 0.29) is 24.0 Å². The quantitative estimate of drug-likeness (QED) is 0.771. The normalized spacial score (nSPS) is 20.3. The summed E-state index contributed by atoms with van der Waals surface area (Å²) in [6.45, 7) is 1.43. The van der Waals surface area contributed by atoms with E-state index in [0.29, 0.717) is 18.7 Å². The van der Waals surface area contributed by atoms with Gasteiger partial charge in [-0.1, -0.05) is 0 Å². The van der Waals surface area contributed by atoms with Crippen molar-refractivity contribution >= 4 is 5.91 Å². The molecule has 1 unspecified atom stereocenters. The number of aliphatic hydroxyl groups excluding tert-OH is 1. The van der Waals surface area contributed by atoms with Gasteiger partial charge in [0.15, 0.2) is 0 Å². The highest BCUT2D eigenvalue weighted by molar-refractivity contribution is 5.93. The molecule has 0 bridgehead atoms. The number of pyridine rings is 1. The molecule has 1 aliphatic heterocycles. The van der Waals surface area contributed by atoms with Crippen LogP contribution in [-0.4, -0.2) is 40.6 Å². The maximum Gasteiger partial charge on any atom is 0.255 e. The number of aromatic amines is 1. The summed E-state index contributed by atoms with van der Waals surface area (Å²) in [5.41, 5.74) is 0.275. The van der Waals surface area contributed by atoms with E-state index in [4.69, 9.17) is 5.11 Å². The van der Waals surface area contributed by atoms with E-state index >= 15 is 0 Å². The van der Waals surface area contributed by atoms with E-state index in [1.54, 1.807) is 4.90 Å². The minimum Gasteiger partial charge on any atom is -0.396 e.